The van der Waals surface area contributed by atoms with Gasteiger partial charge in [-0.3, -0.25) is 14.6 Å². The van der Waals surface area contributed by atoms with Crippen LogP contribution in [-0.4, -0.2) is 58.6 Å². The molecule has 25 heavy (non-hydrogen) atoms. The van der Waals surface area contributed by atoms with Crippen LogP contribution in [0.1, 0.15) is 11.7 Å². The average Bonchev–Trinajstić information content (AvgIpc) is 3.06. The van der Waals surface area contributed by atoms with E-state index in [0.29, 0.717) is 35.5 Å². The predicted octanol–water partition coefficient (Wildman–Crippen LogP) is 0.938. The van der Waals surface area contributed by atoms with Crippen LogP contribution < -0.4 is 11.1 Å². The van der Waals surface area contributed by atoms with Crippen molar-refractivity contribution in [2.24, 2.45) is 5.73 Å². The smallest absolute Gasteiger partial charge is 0.240 e. The summed E-state index contributed by atoms with van der Waals surface area (Å²) < 4.78 is 5.01. The van der Waals surface area contributed by atoms with Crippen molar-refractivity contribution in [2.75, 3.05) is 38.0 Å². The summed E-state index contributed by atoms with van der Waals surface area (Å²) in [5.41, 5.74) is 6.10. The number of nitrogens with two attached hydrogens (primary N) is 1. The maximum absolute atomic E-state index is 12.2. The monoisotopic (exact) mass is 364 g/mol. The van der Waals surface area contributed by atoms with E-state index < -0.39 is 0 Å². The summed E-state index contributed by atoms with van der Waals surface area (Å²) in [6.07, 6.45) is 0. The lowest BCUT2D eigenvalue weighted by atomic mass is 10.3. The van der Waals surface area contributed by atoms with Gasteiger partial charge in [0.25, 0.3) is 0 Å². The standard InChI is InChI=1S/C16H21ClN6O2/c17-12-3-1-2-4-13(12)19-15(24)11-23-7-5-22(6-8-23)10-14-20-16(9-18)25-21-14/h1-4H,5-11,18H2,(H,19,24). The lowest BCUT2D eigenvalue weighted by molar-refractivity contribution is -0.117. The highest BCUT2D eigenvalue weighted by Gasteiger charge is 2.20. The third-order valence-electron chi connectivity index (χ3n) is 4.03. The number of rotatable bonds is 6. The molecule has 1 amide bonds. The first-order valence-electron chi connectivity index (χ1n) is 8.14. The van der Waals surface area contributed by atoms with Crippen LogP contribution in [0.15, 0.2) is 28.8 Å². The second kappa shape index (κ2) is 8.39. The molecule has 1 saturated heterocycles. The van der Waals surface area contributed by atoms with Crippen molar-refractivity contribution < 1.29 is 9.32 Å². The average molecular weight is 365 g/mol. The van der Waals surface area contributed by atoms with Crippen LogP contribution in [0, 0.1) is 0 Å². The summed E-state index contributed by atoms with van der Waals surface area (Å²) in [5, 5.41) is 7.29. The van der Waals surface area contributed by atoms with Gasteiger partial charge in [-0.15, -0.1) is 0 Å². The molecule has 3 rings (SSSR count). The van der Waals surface area contributed by atoms with Gasteiger partial charge in [-0.05, 0) is 12.1 Å². The van der Waals surface area contributed by atoms with Crippen LogP contribution >= 0.6 is 11.6 Å². The van der Waals surface area contributed by atoms with Crippen LogP contribution in [0.5, 0.6) is 0 Å². The Morgan fingerprint density at radius 1 is 1.24 bits per heavy atom. The van der Waals surface area contributed by atoms with Crippen molar-refractivity contribution >= 4 is 23.2 Å². The maximum Gasteiger partial charge on any atom is 0.240 e. The molecule has 0 bridgehead atoms. The minimum Gasteiger partial charge on any atom is -0.338 e. The second-order valence-electron chi connectivity index (χ2n) is 5.89. The molecule has 1 fully saturated rings. The molecule has 2 heterocycles. The van der Waals surface area contributed by atoms with E-state index in [-0.39, 0.29) is 12.5 Å². The van der Waals surface area contributed by atoms with Crippen LogP contribution in [0.4, 0.5) is 5.69 Å². The molecular formula is C16H21ClN6O2. The van der Waals surface area contributed by atoms with Crippen LogP contribution in [0.25, 0.3) is 0 Å². The van der Waals surface area contributed by atoms with Gasteiger partial charge >= 0.3 is 0 Å². The number of halogens is 1. The zero-order valence-corrected chi connectivity index (χ0v) is 14.6. The predicted molar refractivity (Wildman–Crippen MR) is 94.0 cm³/mol. The summed E-state index contributed by atoms with van der Waals surface area (Å²) in [7, 11) is 0. The van der Waals surface area contributed by atoms with Gasteiger partial charge in [-0.25, -0.2) is 0 Å². The molecule has 134 valence electrons. The fourth-order valence-corrected chi connectivity index (χ4v) is 2.88. The molecular weight excluding hydrogens is 344 g/mol. The van der Waals surface area contributed by atoms with Gasteiger partial charge in [0.15, 0.2) is 5.82 Å². The number of nitrogens with one attached hydrogen (secondary N) is 1. The van der Waals surface area contributed by atoms with E-state index in [1.54, 1.807) is 12.1 Å². The first-order chi connectivity index (χ1) is 12.1. The van der Waals surface area contributed by atoms with E-state index >= 15 is 0 Å². The highest BCUT2D eigenvalue weighted by atomic mass is 35.5. The fraction of sp³-hybridized carbons (Fsp3) is 0.438. The van der Waals surface area contributed by atoms with Gasteiger partial charge < -0.3 is 15.6 Å². The van der Waals surface area contributed by atoms with Gasteiger partial charge in [-0.1, -0.05) is 28.9 Å². The number of hydrogen-bond donors (Lipinski definition) is 2. The number of benzene rings is 1. The van der Waals surface area contributed by atoms with E-state index in [0.717, 1.165) is 26.2 Å². The molecule has 1 aliphatic rings. The molecule has 0 spiro atoms. The van der Waals surface area contributed by atoms with E-state index in [9.17, 15) is 4.79 Å². The zero-order chi connectivity index (χ0) is 17.6. The Bertz CT molecular complexity index is 714. The van der Waals surface area contributed by atoms with E-state index in [4.69, 9.17) is 21.9 Å². The Morgan fingerprint density at radius 2 is 1.96 bits per heavy atom. The molecule has 9 heteroatoms. The first-order valence-corrected chi connectivity index (χ1v) is 8.52. The van der Waals surface area contributed by atoms with Gasteiger partial charge in [0.05, 0.1) is 30.3 Å². The number of para-hydroxylation sites is 1. The molecule has 2 aromatic rings. The van der Waals surface area contributed by atoms with Crippen LogP contribution in [-0.2, 0) is 17.9 Å². The molecule has 1 aromatic carbocycles. The van der Waals surface area contributed by atoms with E-state index in [2.05, 4.69) is 25.3 Å². The second-order valence-corrected chi connectivity index (χ2v) is 6.30. The van der Waals surface area contributed by atoms with Crippen molar-refractivity contribution in [3.05, 3.63) is 41.0 Å². The van der Waals surface area contributed by atoms with Gasteiger partial charge in [-0.2, -0.15) is 4.98 Å². The quantitative estimate of drug-likeness (QED) is 0.786. The number of nitrogens with zero attached hydrogens (tertiary/aromatic N) is 4. The molecule has 1 aliphatic heterocycles. The highest BCUT2D eigenvalue weighted by molar-refractivity contribution is 6.33. The third kappa shape index (κ3) is 4.99. The number of amides is 1. The summed E-state index contributed by atoms with van der Waals surface area (Å²) >= 11 is 6.06. The number of carbonyl (C=O) groups is 1. The summed E-state index contributed by atoms with van der Waals surface area (Å²) in [4.78, 5) is 20.7. The summed E-state index contributed by atoms with van der Waals surface area (Å²) in [6, 6.07) is 7.22. The maximum atomic E-state index is 12.2. The molecule has 0 radical (unpaired) electrons. The molecule has 0 unspecified atom stereocenters. The minimum atomic E-state index is -0.0627. The fourth-order valence-electron chi connectivity index (χ4n) is 2.70. The van der Waals surface area contributed by atoms with Crippen molar-refractivity contribution in [3.63, 3.8) is 0 Å². The van der Waals surface area contributed by atoms with Crippen LogP contribution in [0.2, 0.25) is 5.02 Å². The Kier molecular flexibility index (Phi) is 5.98. The summed E-state index contributed by atoms with van der Waals surface area (Å²) in [5.74, 6) is 1.03. The number of anilines is 1. The molecule has 0 aliphatic carbocycles. The Balaban J connectivity index is 1.43. The lowest BCUT2D eigenvalue weighted by Crippen LogP contribution is -2.48. The number of piperazine rings is 1. The van der Waals surface area contributed by atoms with Gasteiger partial charge in [0.2, 0.25) is 11.8 Å². The lowest BCUT2D eigenvalue weighted by Gasteiger charge is -2.33. The minimum absolute atomic E-state index is 0.0627. The van der Waals surface area contributed by atoms with Gasteiger partial charge in [0, 0.05) is 26.2 Å². The molecule has 3 N–H and O–H groups in total. The normalized spacial score (nSPS) is 16.1. The molecule has 0 atom stereocenters. The molecule has 1 aromatic heterocycles. The third-order valence-corrected chi connectivity index (χ3v) is 4.36. The van der Waals surface area contributed by atoms with Crippen LogP contribution in [0.3, 0.4) is 0 Å². The van der Waals surface area contributed by atoms with Crippen molar-refractivity contribution in [3.8, 4) is 0 Å². The molecule has 8 nitrogen and oxygen atoms in total. The Hall–Kier alpha value is -2.00. The number of aromatic nitrogens is 2. The van der Waals surface area contributed by atoms with Crippen molar-refractivity contribution in [1.29, 1.82) is 0 Å². The van der Waals surface area contributed by atoms with E-state index in [1.807, 2.05) is 12.1 Å². The number of carbonyl (C=O) groups excluding carboxylic acids is 1. The highest BCUT2D eigenvalue weighted by Crippen LogP contribution is 2.20. The van der Waals surface area contributed by atoms with Gasteiger partial charge in [0.1, 0.15) is 0 Å². The SMILES string of the molecule is NCc1nc(CN2CCN(CC(=O)Nc3ccccc3Cl)CC2)no1. The first kappa shape index (κ1) is 17.8. The molecule has 0 saturated carbocycles. The topological polar surface area (TPSA) is 101 Å². The van der Waals surface area contributed by atoms with E-state index in [1.165, 1.54) is 0 Å². The van der Waals surface area contributed by atoms with Crippen molar-refractivity contribution in [2.45, 2.75) is 13.1 Å². The largest absolute Gasteiger partial charge is 0.338 e. The summed E-state index contributed by atoms with van der Waals surface area (Å²) in [6.45, 7) is 4.51. The Morgan fingerprint density at radius 3 is 2.64 bits per heavy atom. The van der Waals surface area contributed by atoms with Crippen molar-refractivity contribution in [1.82, 2.24) is 19.9 Å². The number of hydrogen-bond acceptors (Lipinski definition) is 7. The Labute approximate surface area is 150 Å². The zero-order valence-electron chi connectivity index (χ0n) is 13.8.